The molecule has 0 amide bonds. The van der Waals surface area contributed by atoms with E-state index in [1.165, 1.54) is 0 Å². The molecule has 10 aliphatic heterocycles. The molecule has 0 aliphatic carbocycles. The van der Waals surface area contributed by atoms with Crippen LogP contribution in [0.5, 0.6) is 0 Å². The highest BCUT2D eigenvalue weighted by Crippen LogP contribution is 2.48. The van der Waals surface area contributed by atoms with Gasteiger partial charge >= 0.3 is 11.9 Å². The largest absolute Gasteiger partial charge is 0.459 e. The van der Waals surface area contributed by atoms with Crippen LogP contribution in [0.4, 0.5) is 0 Å². The maximum absolute atomic E-state index is 12.5. The SMILES string of the molecule is C=C(COC(=O)c1ccccc1)CC1CC(O)C2OC3CC4(C)OC5/C=C\CC6OC7C(C)CC8OC9(C)CC(C)CC%10OC(=O)CC%10OC9CC8OC7C/C=C\CC6OC5CCCC4OC3CC2O1. The van der Waals surface area contributed by atoms with Gasteiger partial charge in [-0.15, -0.1) is 0 Å². The predicted molar refractivity (Wildman–Crippen MR) is 255 cm³/mol. The maximum atomic E-state index is 12.5. The van der Waals surface area contributed by atoms with Crippen LogP contribution in [0.3, 0.4) is 0 Å². The van der Waals surface area contributed by atoms with Crippen molar-refractivity contribution < 1.29 is 66.8 Å². The average molecular weight is 973 g/mol. The van der Waals surface area contributed by atoms with Gasteiger partial charge in [0.2, 0.25) is 0 Å². The lowest BCUT2D eigenvalue weighted by Crippen LogP contribution is -2.65. The predicted octanol–water partition coefficient (Wildman–Crippen LogP) is 7.61. The number of esters is 2. The topological polar surface area (TPSA) is 156 Å². The van der Waals surface area contributed by atoms with Crippen LogP contribution in [-0.2, 0) is 56.9 Å². The number of fused-ring (bicyclic) bond motifs is 9. The van der Waals surface area contributed by atoms with Gasteiger partial charge in [0.05, 0.1) is 109 Å². The van der Waals surface area contributed by atoms with Gasteiger partial charge in [-0.25, -0.2) is 4.79 Å². The van der Waals surface area contributed by atoms with Crippen molar-refractivity contribution in [3.8, 4) is 0 Å². The van der Waals surface area contributed by atoms with Crippen LogP contribution in [0.25, 0.3) is 0 Å². The Labute approximate surface area is 413 Å². The first-order chi connectivity index (χ1) is 33.8. The van der Waals surface area contributed by atoms with Crippen molar-refractivity contribution in [1.82, 2.24) is 0 Å². The molecule has 0 bridgehead atoms. The van der Waals surface area contributed by atoms with Gasteiger partial charge in [0.25, 0.3) is 0 Å². The van der Waals surface area contributed by atoms with Crippen molar-refractivity contribution in [2.24, 2.45) is 11.8 Å². The number of aliphatic hydroxyl groups excluding tert-OH is 1. The van der Waals surface area contributed by atoms with E-state index in [-0.39, 0.29) is 116 Å². The number of hydrogen-bond acceptors (Lipinski definition) is 14. The highest BCUT2D eigenvalue weighted by molar-refractivity contribution is 5.89. The molecule has 10 aliphatic rings. The van der Waals surface area contributed by atoms with E-state index in [2.05, 4.69) is 58.6 Å². The molecule has 0 saturated carbocycles. The monoisotopic (exact) mass is 973 g/mol. The second-order valence-electron chi connectivity index (χ2n) is 23.1. The second-order valence-corrected chi connectivity index (χ2v) is 23.1. The van der Waals surface area contributed by atoms with E-state index in [0.29, 0.717) is 56.4 Å². The van der Waals surface area contributed by atoms with Crippen LogP contribution in [0.2, 0.25) is 0 Å². The van der Waals surface area contributed by atoms with Crippen LogP contribution >= 0.6 is 0 Å². The fraction of sp³-hybridized carbons (Fsp3) is 0.750. The molecule has 70 heavy (non-hydrogen) atoms. The summed E-state index contributed by atoms with van der Waals surface area (Å²) in [6.07, 6.45) is 14.7. The molecular weight excluding hydrogens is 897 g/mol. The molecule has 8 saturated heterocycles. The Hall–Kier alpha value is -3.02. The van der Waals surface area contributed by atoms with Gasteiger partial charge in [-0.05, 0) is 108 Å². The lowest BCUT2D eigenvalue weighted by Gasteiger charge is -2.55. The Kier molecular flexibility index (Phi) is 14.3. The highest BCUT2D eigenvalue weighted by Gasteiger charge is 2.57. The molecular formula is C56H76O14. The molecule has 1 N–H and O–H groups in total. The Morgan fingerprint density at radius 3 is 2.26 bits per heavy atom. The van der Waals surface area contributed by atoms with E-state index in [1.54, 1.807) is 24.3 Å². The van der Waals surface area contributed by atoms with Gasteiger partial charge in [-0.2, -0.15) is 0 Å². The third kappa shape index (κ3) is 10.3. The minimum absolute atomic E-state index is 0.0876. The van der Waals surface area contributed by atoms with E-state index in [4.69, 9.17) is 52.1 Å². The Morgan fingerprint density at radius 2 is 1.41 bits per heavy atom. The van der Waals surface area contributed by atoms with E-state index in [1.807, 2.05) is 6.07 Å². The minimum Gasteiger partial charge on any atom is -0.459 e. The maximum Gasteiger partial charge on any atom is 0.338 e. The van der Waals surface area contributed by atoms with Gasteiger partial charge < -0.3 is 57.2 Å². The zero-order valence-corrected chi connectivity index (χ0v) is 41.5. The first kappa shape index (κ1) is 49.2. The first-order valence-electron chi connectivity index (χ1n) is 26.8. The normalized spacial score (nSPS) is 48.9. The summed E-state index contributed by atoms with van der Waals surface area (Å²) in [6.45, 7) is 13.1. The second kappa shape index (κ2) is 20.4. The summed E-state index contributed by atoms with van der Waals surface area (Å²) in [5.41, 5.74) is 0.0913. The number of carbonyl (C=O) groups excluding carboxylic acids is 2. The van der Waals surface area contributed by atoms with Crippen molar-refractivity contribution in [3.63, 3.8) is 0 Å². The van der Waals surface area contributed by atoms with Crippen LogP contribution in [0.1, 0.15) is 134 Å². The van der Waals surface area contributed by atoms with Crippen molar-refractivity contribution in [3.05, 3.63) is 72.4 Å². The van der Waals surface area contributed by atoms with Crippen LogP contribution < -0.4 is 0 Å². The lowest BCUT2D eigenvalue weighted by molar-refractivity contribution is -0.316. The molecule has 22 unspecified atom stereocenters. The third-order valence-electron chi connectivity index (χ3n) is 17.4. The molecule has 0 spiro atoms. The molecule has 10 heterocycles. The summed E-state index contributed by atoms with van der Waals surface area (Å²) >= 11 is 0. The molecule has 0 aromatic heterocycles. The molecule has 11 rings (SSSR count). The molecule has 384 valence electrons. The summed E-state index contributed by atoms with van der Waals surface area (Å²) in [6, 6.07) is 8.91. The van der Waals surface area contributed by atoms with Crippen molar-refractivity contribution in [1.29, 1.82) is 0 Å². The lowest BCUT2D eigenvalue weighted by atomic mass is 9.78. The quantitative estimate of drug-likeness (QED) is 0.227. The number of hydrogen-bond donors (Lipinski definition) is 1. The molecule has 0 radical (unpaired) electrons. The van der Waals surface area contributed by atoms with Gasteiger partial charge in [-0.1, -0.05) is 62.9 Å². The van der Waals surface area contributed by atoms with E-state index < -0.39 is 29.4 Å². The molecule has 8 fully saturated rings. The summed E-state index contributed by atoms with van der Waals surface area (Å²) in [5, 5.41) is 11.5. The minimum atomic E-state index is -0.720. The van der Waals surface area contributed by atoms with E-state index in [0.717, 1.165) is 56.9 Å². The highest BCUT2D eigenvalue weighted by atomic mass is 16.6. The standard InChI is InChI=1S/C56H76O14/c1-31-22-42-45(27-51(58)66-42)65-50-26-44-46(70-55(50,4)28-31)23-33(3)52-41(63-44)16-10-9-15-37-38(67-52)17-11-19-40-39(62-37)18-12-20-49-56(5,69-40)29-48-43(64-49)25-47-53(68-48)36(57)24-35(61-47)21-32(2)30-60-54(59)34-13-7-6-8-14-34/h6-11,13-14,19,31,33,35-50,52-53,57H,2,12,15-18,20-30H2,1,3-5H3/b10-9-,19-11-. The number of aliphatic hydroxyl groups is 1. The van der Waals surface area contributed by atoms with Gasteiger partial charge in [-0.3, -0.25) is 4.79 Å². The van der Waals surface area contributed by atoms with E-state index >= 15 is 0 Å². The van der Waals surface area contributed by atoms with Gasteiger partial charge in [0.15, 0.2) is 0 Å². The molecule has 14 heteroatoms. The fourth-order valence-electron chi connectivity index (χ4n) is 14.0. The van der Waals surface area contributed by atoms with Crippen LogP contribution in [0.15, 0.2) is 66.8 Å². The number of rotatable bonds is 5. The summed E-state index contributed by atoms with van der Waals surface area (Å²) in [4.78, 5) is 24.9. The van der Waals surface area contributed by atoms with Crippen molar-refractivity contribution >= 4 is 11.9 Å². The van der Waals surface area contributed by atoms with Gasteiger partial charge in [0, 0.05) is 25.7 Å². The molecule has 14 nitrogen and oxygen atoms in total. The summed E-state index contributed by atoms with van der Waals surface area (Å²) in [5.74, 6) is -0.0736. The van der Waals surface area contributed by atoms with Crippen molar-refractivity contribution in [2.75, 3.05) is 6.61 Å². The summed E-state index contributed by atoms with van der Waals surface area (Å²) < 4.78 is 74.2. The zero-order chi connectivity index (χ0) is 48.3. The smallest absolute Gasteiger partial charge is 0.338 e. The third-order valence-corrected chi connectivity index (χ3v) is 17.4. The van der Waals surface area contributed by atoms with Crippen LogP contribution in [0, 0.1) is 11.8 Å². The van der Waals surface area contributed by atoms with Crippen molar-refractivity contribution in [2.45, 2.75) is 245 Å². The van der Waals surface area contributed by atoms with Crippen LogP contribution in [-0.4, -0.2) is 145 Å². The molecule has 1 aromatic rings. The molecule has 22 atom stereocenters. The Morgan fingerprint density at radius 1 is 0.686 bits per heavy atom. The summed E-state index contributed by atoms with van der Waals surface area (Å²) in [7, 11) is 0. The molecule has 1 aromatic carbocycles. The number of benzene rings is 1. The number of ether oxygens (including phenoxy) is 11. The van der Waals surface area contributed by atoms with Gasteiger partial charge in [0.1, 0.15) is 31.0 Å². The number of carbonyl (C=O) groups is 2. The Balaban J connectivity index is 0.723. The zero-order valence-electron chi connectivity index (χ0n) is 41.5. The first-order valence-corrected chi connectivity index (χ1v) is 26.8. The van der Waals surface area contributed by atoms with E-state index in [9.17, 15) is 14.7 Å². The average Bonchev–Trinajstić information content (AvgIpc) is 3.62. The Bertz CT molecular complexity index is 2100. The fourth-order valence-corrected chi connectivity index (χ4v) is 14.0.